The summed E-state index contributed by atoms with van der Waals surface area (Å²) in [5.41, 5.74) is 0.263. The average molecular weight is 258 g/mol. The largest absolute Gasteiger partial charge is 0.463 e. The zero-order valence-electron chi connectivity index (χ0n) is 11.1. The van der Waals surface area contributed by atoms with Crippen LogP contribution in [-0.4, -0.2) is 36.4 Å². The highest BCUT2D eigenvalue weighted by Crippen LogP contribution is 2.01. The van der Waals surface area contributed by atoms with E-state index in [4.69, 9.17) is 9.47 Å². The van der Waals surface area contributed by atoms with E-state index >= 15 is 0 Å². The van der Waals surface area contributed by atoms with Gasteiger partial charge in [0.2, 0.25) is 0 Å². The maximum Gasteiger partial charge on any atom is 0.333 e. The minimum absolute atomic E-state index is 0.158. The Morgan fingerprint density at radius 1 is 1.22 bits per heavy atom. The van der Waals surface area contributed by atoms with Gasteiger partial charge in [0.05, 0.1) is 0 Å². The molecular weight excluding hydrogens is 236 g/mol. The van der Waals surface area contributed by atoms with Crippen molar-refractivity contribution >= 4 is 11.9 Å². The van der Waals surface area contributed by atoms with Gasteiger partial charge in [-0.05, 0) is 13.3 Å². The van der Waals surface area contributed by atoms with Crippen LogP contribution in [0.4, 0.5) is 0 Å². The molecule has 1 atom stereocenters. The van der Waals surface area contributed by atoms with Crippen LogP contribution in [0.25, 0.3) is 0 Å². The number of hydrogen-bond donors (Lipinski definition) is 1. The molecule has 0 radical (unpaired) electrons. The lowest BCUT2D eigenvalue weighted by atomic mass is 10.2. The van der Waals surface area contributed by atoms with Crippen molar-refractivity contribution in [3.63, 3.8) is 0 Å². The first-order chi connectivity index (χ1) is 8.47. The number of hydrogen-bond acceptors (Lipinski definition) is 5. The lowest BCUT2D eigenvalue weighted by Crippen LogP contribution is -2.25. The number of esters is 2. The van der Waals surface area contributed by atoms with Gasteiger partial charge < -0.3 is 14.6 Å². The molecule has 0 bridgehead atoms. The first kappa shape index (κ1) is 16.6. The summed E-state index contributed by atoms with van der Waals surface area (Å²) in [7, 11) is 0. The Balaban J connectivity index is 3.63. The van der Waals surface area contributed by atoms with E-state index in [1.54, 1.807) is 0 Å². The van der Waals surface area contributed by atoms with Crippen LogP contribution in [0.2, 0.25) is 0 Å². The Morgan fingerprint density at radius 2 is 1.83 bits per heavy atom. The van der Waals surface area contributed by atoms with Gasteiger partial charge in [0.15, 0.2) is 0 Å². The molecule has 0 rings (SSSR count). The van der Waals surface area contributed by atoms with Crippen LogP contribution in [0.5, 0.6) is 0 Å². The van der Waals surface area contributed by atoms with Crippen LogP contribution >= 0.6 is 0 Å². The standard InChI is InChI=1S/C13H22O5/c1-4-5-6-7-12(15)17-8-11(14)9-18-13(16)10(2)3/h11,14H,2,4-9H2,1,3H3. The predicted molar refractivity (Wildman–Crippen MR) is 66.9 cm³/mol. The molecule has 5 heteroatoms. The third kappa shape index (κ3) is 8.75. The number of aliphatic hydroxyl groups excluding tert-OH is 1. The van der Waals surface area contributed by atoms with Crippen molar-refractivity contribution in [2.45, 2.75) is 45.6 Å². The van der Waals surface area contributed by atoms with Crippen molar-refractivity contribution in [2.24, 2.45) is 0 Å². The molecule has 5 nitrogen and oxygen atoms in total. The summed E-state index contributed by atoms with van der Waals surface area (Å²) < 4.78 is 9.56. The fourth-order valence-electron chi connectivity index (χ4n) is 1.12. The third-order valence-corrected chi connectivity index (χ3v) is 2.18. The quantitative estimate of drug-likeness (QED) is 0.386. The molecule has 0 spiro atoms. The lowest BCUT2D eigenvalue weighted by Gasteiger charge is -2.11. The van der Waals surface area contributed by atoms with Gasteiger partial charge in [-0.2, -0.15) is 0 Å². The highest BCUT2D eigenvalue weighted by Gasteiger charge is 2.11. The number of ether oxygens (including phenoxy) is 2. The van der Waals surface area contributed by atoms with Gasteiger partial charge in [-0.3, -0.25) is 4.79 Å². The van der Waals surface area contributed by atoms with Gasteiger partial charge >= 0.3 is 11.9 Å². The van der Waals surface area contributed by atoms with E-state index in [0.717, 1.165) is 19.3 Å². The molecule has 1 unspecified atom stereocenters. The molecule has 0 heterocycles. The summed E-state index contributed by atoms with van der Waals surface area (Å²) in [6, 6.07) is 0. The highest BCUT2D eigenvalue weighted by molar-refractivity contribution is 5.86. The van der Waals surface area contributed by atoms with E-state index in [1.165, 1.54) is 6.92 Å². The van der Waals surface area contributed by atoms with Gasteiger partial charge in [-0.25, -0.2) is 4.79 Å². The van der Waals surface area contributed by atoms with Crippen molar-refractivity contribution in [1.82, 2.24) is 0 Å². The van der Waals surface area contributed by atoms with Crippen molar-refractivity contribution in [3.8, 4) is 0 Å². The van der Waals surface area contributed by atoms with Gasteiger partial charge in [0, 0.05) is 12.0 Å². The highest BCUT2D eigenvalue weighted by atomic mass is 16.6. The molecule has 0 saturated carbocycles. The molecule has 0 aromatic heterocycles. The Bertz CT molecular complexity index is 285. The van der Waals surface area contributed by atoms with Crippen LogP contribution in [-0.2, 0) is 19.1 Å². The molecule has 0 amide bonds. The minimum Gasteiger partial charge on any atom is -0.463 e. The summed E-state index contributed by atoms with van der Waals surface area (Å²) in [4.78, 5) is 22.2. The van der Waals surface area contributed by atoms with Crippen molar-refractivity contribution in [3.05, 3.63) is 12.2 Å². The normalized spacial score (nSPS) is 11.7. The fourth-order valence-corrected chi connectivity index (χ4v) is 1.12. The number of carbonyl (C=O) groups excluding carboxylic acids is 2. The molecule has 0 fully saturated rings. The van der Waals surface area contributed by atoms with Gasteiger partial charge in [-0.15, -0.1) is 0 Å². The SMILES string of the molecule is C=C(C)C(=O)OCC(O)COC(=O)CCCCC. The second kappa shape index (κ2) is 9.65. The summed E-state index contributed by atoms with van der Waals surface area (Å²) in [5.74, 6) is -0.906. The molecule has 0 aromatic carbocycles. The fraction of sp³-hybridized carbons (Fsp3) is 0.692. The average Bonchev–Trinajstić information content (AvgIpc) is 2.33. The summed E-state index contributed by atoms with van der Waals surface area (Å²) in [6.45, 7) is 6.61. The van der Waals surface area contributed by atoms with E-state index in [9.17, 15) is 14.7 Å². The van der Waals surface area contributed by atoms with Crippen LogP contribution in [0.3, 0.4) is 0 Å². The zero-order valence-corrected chi connectivity index (χ0v) is 11.1. The molecule has 0 saturated heterocycles. The van der Waals surface area contributed by atoms with Crippen LogP contribution < -0.4 is 0 Å². The summed E-state index contributed by atoms with van der Waals surface area (Å²) >= 11 is 0. The monoisotopic (exact) mass is 258 g/mol. The Kier molecular flexibility index (Phi) is 8.92. The second-order valence-corrected chi connectivity index (χ2v) is 4.17. The van der Waals surface area contributed by atoms with E-state index in [2.05, 4.69) is 6.58 Å². The Labute approximate surface area is 108 Å². The smallest absolute Gasteiger partial charge is 0.333 e. The number of aliphatic hydroxyl groups is 1. The maximum absolute atomic E-state index is 11.2. The molecule has 0 aliphatic heterocycles. The second-order valence-electron chi connectivity index (χ2n) is 4.17. The minimum atomic E-state index is -0.997. The van der Waals surface area contributed by atoms with Crippen LogP contribution in [0, 0.1) is 0 Å². The number of unbranched alkanes of at least 4 members (excludes halogenated alkanes) is 2. The van der Waals surface area contributed by atoms with E-state index in [0.29, 0.717) is 6.42 Å². The van der Waals surface area contributed by atoms with Gasteiger partial charge in [0.25, 0.3) is 0 Å². The first-order valence-electron chi connectivity index (χ1n) is 6.13. The van der Waals surface area contributed by atoms with Crippen LogP contribution in [0.1, 0.15) is 39.5 Å². The van der Waals surface area contributed by atoms with Crippen molar-refractivity contribution in [1.29, 1.82) is 0 Å². The maximum atomic E-state index is 11.2. The van der Waals surface area contributed by atoms with E-state index < -0.39 is 12.1 Å². The topological polar surface area (TPSA) is 72.8 Å². The van der Waals surface area contributed by atoms with Gasteiger partial charge in [-0.1, -0.05) is 26.3 Å². The number of carbonyl (C=O) groups is 2. The molecular formula is C13H22O5. The Hall–Kier alpha value is -1.36. The van der Waals surface area contributed by atoms with E-state index in [-0.39, 0.29) is 24.8 Å². The molecule has 1 N–H and O–H groups in total. The zero-order chi connectivity index (χ0) is 14.0. The predicted octanol–water partition coefficient (Wildman–Crippen LogP) is 1.59. The van der Waals surface area contributed by atoms with E-state index in [1.807, 2.05) is 6.92 Å². The summed E-state index contributed by atoms with van der Waals surface area (Å²) in [5, 5.41) is 9.42. The molecule has 0 aliphatic rings. The molecule has 0 aliphatic carbocycles. The third-order valence-electron chi connectivity index (χ3n) is 2.18. The van der Waals surface area contributed by atoms with Crippen molar-refractivity contribution < 1.29 is 24.2 Å². The molecule has 104 valence electrons. The molecule has 18 heavy (non-hydrogen) atoms. The summed E-state index contributed by atoms with van der Waals surface area (Å²) in [6.07, 6.45) is 2.16. The first-order valence-corrected chi connectivity index (χ1v) is 6.13. The number of rotatable bonds is 9. The lowest BCUT2D eigenvalue weighted by molar-refractivity contribution is -0.150. The Morgan fingerprint density at radius 3 is 2.39 bits per heavy atom. The van der Waals surface area contributed by atoms with Crippen molar-refractivity contribution in [2.75, 3.05) is 13.2 Å². The van der Waals surface area contributed by atoms with Crippen LogP contribution in [0.15, 0.2) is 12.2 Å². The van der Waals surface area contributed by atoms with Gasteiger partial charge in [0.1, 0.15) is 19.3 Å². The molecule has 0 aromatic rings.